The van der Waals surface area contributed by atoms with Gasteiger partial charge in [0.2, 0.25) is 0 Å². The number of hydrogen-bond donors (Lipinski definition) is 1. The highest BCUT2D eigenvalue weighted by atomic mass is 35.5. The van der Waals surface area contributed by atoms with Gasteiger partial charge in [-0.1, -0.05) is 6.42 Å². The van der Waals surface area contributed by atoms with Gasteiger partial charge in [0.25, 0.3) is 0 Å². The first-order valence-electron chi connectivity index (χ1n) is 10.5. The van der Waals surface area contributed by atoms with Gasteiger partial charge in [0.15, 0.2) is 0 Å². The zero-order chi connectivity index (χ0) is 16.7. The molecule has 1 saturated heterocycles. The van der Waals surface area contributed by atoms with Crippen LogP contribution in [0, 0.1) is 23.2 Å². The number of nitrogens with zero attached hydrogens (tertiary/aromatic N) is 1. The van der Waals surface area contributed by atoms with Crippen molar-refractivity contribution in [1.82, 2.24) is 4.90 Å². The number of rotatable bonds is 6. The number of aliphatic hydroxyl groups is 1. The molecule has 3 nitrogen and oxygen atoms in total. The first kappa shape index (κ1) is 19.9. The van der Waals surface area contributed by atoms with Crippen molar-refractivity contribution in [2.45, 2.75) is 89.8 Å². The molecule has 0 aromatic rings. The average molecular weight is 372 g/mol. The van der Waals surface area contributed by atoms with Crippen molar-refractivity contribution in [2.75, 3.05) is 19.8 Å². The normalized spacial score (nSPS) is 44.5. The summed E-state index contributed by atoms with van der Waals surface area (Å²) in [5, 5.41) is 10.5. The van der Waals surface area contributed by atoms with Crippen LogP contribution in [0.3, 0.4) is 0 Å². The quantitative estimate of drug-likeness (QED) is 0.756. The van der Waals surface area contributed by atoms with E-state index in [1.54, 1.807) is 0 Å². The molecule has 25 heavy (non-hydrogen) atoms. The highest BCUT2D eigenvalue weighted by Crippen LogP contribution is 2.60. The summed E-state index contributed by atoms with van der Waals surface area (Å²) >= 11 is 0. The number of β-amino-alcohol motifs (C(OH)–C–C–N with tert-alkyl or cyclic N) is 1. The van der Waals surface area contributed by atoms with E-state index in [1.165, 1.54) is 57.8 Å². The molecule has 146 valence electrons. The first-order chi connectivity index (χ1) is 11.5. The van der Waals surface area contributed by atoms with E-state index in [2.05, 4.69) is 18.7 Å². The second kappa shape index (κ2) is 8.04. The lowest BCUT2D eigenvalue weighted by atomic mass is 9.50. The molecule has 3 unspecified atom stereocenters. The Hall–Kier alpha value is 0.170. The topological polar surface area (TPSA) is 32.7 Å². The third-order valence-corrected chi connectivity index (χ3v) is 7.68. The minimum Gasteiger partial charge on any atom is -0.389 e. The lowest BCUT2D eigenvalue weighted by Gasteiger charge is -2.56. The van der Waals surface area contributed by atoms with Gasteiger partial charge in [-0.3, -0.25) is 4.90 Å². The summed E-state index contributed by atoms with van der Waals surface area (Å²) in [6.07, 6.45) is 12.2. The maximum atomic E-state index is 10.5. The highest BCUT2D eigenvalue weighted by molar-refractivity contribution is 5.85. The summed E-state index contributed by atoms with van der Waals surface area (Å²) in [7, 11) is 0. The largest absolute Gasteiger partial charge is 0.389 e. The van der Waals surface area contributed by atoms with Gasteiger partial charge in [0.05, 0.1) is 19.3 Å². The van der Waals surface area contributed by atoms with E-state index in [-0.39, 0.29) is 18.5 Å². The highest BCUT2D eigenvalue weighted by Gasteiger charge is 2.50. The smallest absolute Gasteiger partial charge is 0.0900 e. The van der Waals surface area contributed by atoms with E-state index in [4.69, 9.17) is 4.74 Å². The van der Waals surface area contributed by atoms with Gasteiger partial charge in [-0.25, -0.2) is 0 Å². The number of halogens is 1. The van der Waals surface area contributed by atoms with Gasteiger partial charge in [0, 0.05) is 18.6 Å². The molecule has 5 fully saturated rings. The zero-order valence-corrected chi connectivity index (χ0v) is 17.0. The van der Waals surface area contributed by atoms with Crippen LogP contribution in [0.2, 0.25) is 0 Å². The van der Waals surface area contributed by atoms with E-state index in [1.807, 2.05) is 0 Å². The van der Waals surface area contributed by atoms with Crippen LogP contribution in [0.4, 0.5) is 0 Å². The molecule has 1 heterocycles. The van der Waals surface area contributed by atoms with Gasteiger partial charge in [-0.2, -0.15) is 0 Å². The predicted molar refractivity (Wildman–Crippen MR) is 104 cm³/mol. The molecule has 4 saturated carbocycles. The van der Waals surface area contributed by atoms with Crippen LogP contribution in [0.5, 0.6) is 0 Å². The van der Waals surface area contributed by atoms with Crippen molar-refractivity contribution in [3.05, 3.63) is 0 Å². The maximum absolute atomic E-state index is 10.5. The molecule has 4 bridgehead atoms. The van der Waals surface area contributed by atoms with Crippen molar-refractivity contribution in [2.24, 2.45) is 23.2 Å². The third kappa shape index (κ3) is 4.36. The summed E-state index contributed by atoms with van der Waals surface area (Å²) < 4.78 is 6.12. The Labute approximate surface area is 160 Å². The molecule has 3 atom stereocenters. The molecule has 0 amide bonds. The summed E-state index contributed by atoms with van der Waals surface area (Å²) in [6, 6.07) is 1.21. The number of likely N-dealkylation sites (tertiary alicyclic amines) is 1. The first-order valence-corrected chi connectivity index (χ1v) is 10.5. The van der Waals surface area contributed by atoms with Gasteiger partial charge >= 0.3 is 0 Å². The Morgan fingerprint density at radius 1 is 1.00 bits per heavy atom. The molecule has 0 aromatic carbocycles. The van der Waals surface area contributed by atoms with Gasteiger partial charge < -0.3 is 9.84 Å². The molecule has 0 aromatic heterocycles. The summed E-state index contributed by atoms with van der Waals surface area (Å²) in [6.45, 7) is 6.82. The summed E-state index contributed by atoms with van der Waals surface area (Å²) in [5.74, 6) is 2.96. The Morgan fingerprint density at radius 2 is 1.52 bits per heavy atom. The lowest BCUT2D eigenvalue weighted by molar-refractivity contribution is -0.108. The predicted octanol–water partition coefficient (Wildman–Crippen LogP) is 4.27. The Kier molecular flexibility index (Phi) is 6.41. The van der Waals surface area contributed by atoms with Crippen molar-refractivity contribution >= 4 is 12.4 Å². The van der Waals surface area contributed by atoms with Crippen LogP contribution >= 0.6 is 12.4 Å². The minimum atomic E-state index is -0.332. The molecule has 4 heteroatoms. The Bertz CT molecular complexity index is 398. The monoisotopic (exact) mass is 371 g/mol. The van der Waals surface area contributed by atoms with E-state index in [0.717, 1.165) is 30.9 Å². The molecular formula is C21H38ClNO2. The Balaban J connectivity index is 0.00000182. The van der Waals surface area contributed by atoms with Crippen molar-refractivity contribution in [3.63, 3.8) is 0 Å². The van der Waals surface area contributed by atoms with Gasteiger partial charge in [0.1, 0.15) is 0 Å². The van der Waals surface area contributed by atoms with Gasteiger partial charge in [-0.05, 0) is 88.4 Å². The fourth-order valence-corrected chi connectivity index (χ4v) is 7.01. The van der Waals surface area contributed by atoms with Crippen molar-refractivity contribution < 1.29 is 9.84 Å². The van der Waals surface area contributed by atoms with Crippen LogP contribution in [0.1, 0.15) is 71.6 Å². The average Bonchev–Trinajstić information content (AvgIpc) is 2.49. The van der Waals surface area contributed by atoms with Crippen LogP contribution in [-0.2, 0) is 4.74 Å². The number of piperidine rings is 1. The van der Waals surface area contributed by atoms with E-state index in [9.17, 15) is 5.11 Å². The molecule has 1 aliphatic heterocycles. The zero-order valence-electron chi connectivity index (χ0n) is 16.2. The molecule has 0 radical (unpaired) electrons. The third-order valence-electron chi connectivity index (χ3n) is 7.68. The van der Waals surface area contributed by atoms with E-state index < -0.39 is 0 Å². The minimum absolute atomic E-state index is 0. The SMILES string of the molecule is CC1CCCC(C)N1CC(O)COCC12CC3CC(CC(C3)C1)C2.Cl. The van der Waals surface area contributed by atoms with Crippen LogP contribution in [0.25, 0.3) is 0 Å². The molecule has 4 aliphatic carbocycles. The maximum Gasteiger partial charge on any atom is 0.0900 e. The molecular weight excluding hydrogens is 334 g/mol. The van der Waals surface area contributed by atoms with Crippen molar-refractivity contribution in [1.29, 1.82) is 0 Å². The fraction of sp³-hybridized carbons (Fsp3) is 1.00. The second-order valence-corrected chi connectivity index (χ2v) is 9.91. The lowest BCUT2D eigenvalue weighted by Crippen LogP contribution is -2.49. The molecule has 5 aliphatic rings. The second-order valence-electron chi connectivity index (χ2n) is 9.91. The summed E-state index contributed by atoms with van der Waals surface area (Å²) in [5.41, 5.74) is 0.472. The molecule has 1 N–H and O–H groups in total. The fourth-order valence-electron chi connectivity index (χ4n) is 7.01. The standard InChI is InChI=1S/C21H37NO2.ClH/c1-15-4-3-5-16(2)22(15)12-20(23)13-24-14-21-9-17-6-18(10-21)8-19(7-17)11-21;/h15-20,23H,3-14H2,1-2H3;1H. The molecule has 0 spiro atoms. The number of aliphatic hydroxyl groups excluding tert-OH is 1. The Morgan fingerprint density at radius 3 is 2.04 bits per heavy atom. The van der Waals surface area contributed by atoms with Crippen LogP contribution in [0.15, 0.2) is 0 Å². The number of ether oxygens (including phenoxy) is 1. The van der Waals surface area contributed by atoms with Gasteiger partial charge in [-0.15, -0.1) is 12.4 Å². The number of hydrogen-bond acceptors (Lipinski definition) is 3. The van der Waals surface area contributed by atoms with E-state index in [0.29, 0.717) is 24.1 Å². The molecule has 5 rings (SSSR count). The van der Waals surface area contributed by atoms with E-state index >= 15 is 0 Å². The summed E-state index contributed by atoms with van der Waals surface area (Å²) in [4.78, 5) is 2.49. The van der Waals surface area contributed by atoms with Crippen molar-refractivity contribution in [3.8, 4) is 0 Å². The van der Waals surface area contributed by atoms with Crippen LogP contribution < -0.4 is 0 Å². The van der Waals surface area contributed by atoms with Crippen LogP contribution in [-0.4, -0.2) is 48.0 Å².